The lowest BCUT2D eigenvalue weighted by molar-refractivity contribution is 0.255. The van der Waals surface area contributed by atoms with Crippen LogP contribution in [-0.2, 0) is 0 Å². The van der Waals surface area contributed by atoms with Crippen molar-refractivity contribution in [3.8, 4) is 5.75 Å². The van der Waals surface area contributed by atoms with Gasteiger partial charge in [0.05, 0.1) is 12.1 Å². The van der Waals surface area contributed by atoms with E-state index >= 15 is 0 Å². The third kappa shape index (κ3) is 2.29. The van der Waals surface area contributed by atoms with Crippen molar-refractivity contribution in [2.24, 2.45) is 5.92 Å². The Balaban J connectivity index is 1.72. The molecule has 0 aliphatic carbocycles. The summed E-state index contributed by atoms with van der Waals surface area (Å²) in [6, 6.07) is 6.51. The molecule has 3 unspecified atom stereocenters. The van der Waals surface area contributed by atoms with Crippen LogP contribution in [0.25, 0.3) is 0 Å². The maximum absolute atomic E-state index is 6.04. The molecule has 1 aromatic carbocycles. The molecule has 1 aromatic rings. The fraction of sp³-hybridized carbons (Fsp3) is 0.571. The largest absolute Gasteiger partial charge is 0.495 e. The highest BCUT2D eigenvalue weighted by Gasteiger charge is 2.34. The van der Waals surface area contributed by atoms with E-state index in [9.17, 15) is 0 Å². The Morgan fingerprint density at radius 2 is 2.17 bits per heavy atom. The van der Waals surface area contributed by atoms with E-state index in [0.29, 0.717) is 11.1 Å². The van der Waals surface area contributed by atoms with E-state index in [4.69, 9.17) is 16.3 Å². The van der Waals surface area contributed by atoms with Gasteiger partial charge in [0.1, 0.15) is 5.75 Å². The average molecular weight is 267 g/mol. The molecule has 0 aromatic heterocycles. The number of nitrogens with zero attached hydrogens (tertiary/aromatic N) is 1. The second-order valence-electron chi connectivity index (χ2n) is 5.24. The minimum Gasteiger partial charge on any atom is -0.495 e. The molecule has 2 saturated heterocycles. The second-order valence-corrected chi connectivity index (χ2v) is 5.65. The number of benzene rings is 1. The first-order chi connectivity index (χ1) is 8.76. The zero-order valence-corrected chi connectivity index (χ0v) is 11.4. The summed E-state index contributed by atoms with van der Waals surface area (Å²) in [5, 5.41) is 4.31. The van der Waals surface area contributed by atoms with E-state index in [1.807, 2.05) is 18.2 Å². The van der Waals surface area contributed by atoms with Gasteiger partial charge in [0.15, 0.2) is 0 Å². The van der Waals surface area contributed by atoms with Crippen LogP contribution in [0.15, 0.2) is 18.2 Å². The van der Waals surface area contributed by atoms with Gasteiger partial charge in [-0.1, -0.05) is 11.6 Å². The van der Waals surface area contributed by atoms with Crippen LogP contribution in [0.1, 0.15) is 12.8 Å². The molecular weight excluding hydrogens is 248 g/mol. The fourth-order valence-electron chi connectivity index (χ4n) is 3.11. The highest BCUT2D eigenvalue weighted by atomic mass is 35.5. The van der Waals surface area contributed by atoms with Crippen molar-refractivity contribution in [2.45, 2.75) is 18.9 Å². The maximum Gasteiger partial charge on any atom is 0.139 e. The van der Waals surface area contributed by atoms with Crippen LogP contribution >= 0.6 is 11.6 Å². The summed E-state index contributed by atoms with van der Waals surface area (Å²) in [6.07, 6.45) is 2.55. The van der Waals surface area contributed by atoms with Gasteiger partial charge in [-0.15, -0.1) is 0 Å². The molecule has 0 amide bonds. The maximum atomic E-state index is 6.04. The number of ether oxygens (including phenoxy) is 1. The highest BCUT2D eigenvalue weighted by molar-refractivity contribution is 6.32. The number of nitrogens with one attached hydrogen (secondary N) is 1. The monoisotopic (exact) mass is 266 g/mol. The first-order valence-corrected chi connectivity index (χ1v) is 6.96. The summed E-state index contributed by atoms with van der Waals surface area (Å²) >= 11 is 6.04. The van der Waals surface area contributed by atoms with Gasteiger partial charge in [-0.2, -0.15) is 0 Å². The Morgan fingerprint density at radius 3 is 3.00 bits per heavy atom. The molecule has 18 heavy (non-hydrogen) atoms. The molecule has 2 aliphatic heterocycles. The minimum absolute atomic E-state index is 0.592. The van der Waals surface area contributed by atoms with Crippen molar-refractivity contribution in [3.63, 3.8) is 0 Å². The number of piperidine rings is 1. The molecule has 1 N–H and O–H groups in total. The van der Waals surface area contributed by atoms with Crippen molar-refractivity contribution in [1.82, 2.24) is 4.90 Å². The normalized spacial score (nSPS) is 30.2. The number of halogens is 1. The molecule has 2 fully saturated rings. The molecular formula is C14H19ClN2O. The quantitative estimate of drug-likeness (QED) is 0.911. The topological polar surface area (TPSA) is 24.5 Å². The number of rotatable bonds is 3. The van der Waals surface area contributed by atoms with Crippen LogP contribution in [0.3, 0.4) is 0 Å². The number of anilines is 1. The number of methoxy groups -OCH3 is 1. The second kappa shape index (κ2) is 4.98. The van der Waals surface area contributed by atoms with Gasteiger partial charge in [-0.3, -0.25) is 0 Å². The third-order valence-electron chi connectivity index (χ3n) is 4.14. The van der Waals surface area contributed by atoms with E-state index < -0.39 is 0 Å². The standard InChI is InChI=1S/C14H19ClN2O/c1-18-14-8-11(2-3-12(14)15)16-13-5-7-17-6-4-10(13)9-17/h2-3,8,10,13,16H,4-7,9H2,1H3. The van der Waals surface area contributed by atoms with Crippen LogP contribution < -0.4 is 10.1 Å². The summed E-state index contributed by atoms with van der Waals surface area (Å²) in [7, 11) is 1.65. The average Bonchev–Trinajstić information content (AvgIpc) is 2.78. The van der Waals surface area contributed by atoms with Crippen molar-refractivity contribution in [2.75, 3.05) is 32.1 Å². The van der Waals surface area contributed by atoms with Crippen LogP contribution in [0, 0.1) is 5.92 Å². The summed E-state index contributed by atoms with van der Waals surface area (Å²) < 4.78 is 5.26. The third-order valence-corrected chi connectivity index (χ3v) is 4.45. The highest BCUT2D eigenvalue weighted by Crippen LogP contribution is 2.32. The van der Waals surface area contributed by atoms with E-state index in [1.165, 1.54) is 32.5 Å². The number of hydrogen-bond acceptors (Lipinski definition) is 3. The van der Waals surface area contributed by atoms with Gasteiger partial charge in [0.2, 0.25) is 0 Å². The Bertz CT molecular complexity index is 438. The van der Waals surface area contributed by atoms with Crippen molar-refractivity contribution >= 4 is 17.3 Å². The Morgan fingerprint density at radius 1 is 1.33 bits per heavy atom. The predicted octanol–water partition coefficient (Wildman–Crippen LogP) is 2.85. The lowest BCUT2D eigenvalue weighted by atomic mass is 9.94. The lowest BCUT2D eigenvalue weighted by Gasteiger charge is -2.31. The zero-order chi connectivity index (χ0) is 12.5. The van der Waals surface area contributed by atoms with Crippen LogP contribution in [0.4, 0.5) is 5.69 Å². The predicted molar refractivity (Wildman–Crippen MR) is 74.6 cm³/mol. The van der Waals surface area contributed by atoms with Crippen molar-refractivity contribution in [3.05, 3.63) is 23.2 Å². The zero-order valence-electron chi connectivity index (χ0n) is 10.7. The van der Waals surface area contributed by atoms with Gasteiger partial charge in [-0.25, -0.2) is 0 Å². The minimum atomic E-state index is 0.592. The molecule has 4 heteroatoms. The number of fused-ring (bicyclic) bond motifs is 2. The van der Waals surface area contributed by atoms with E-state index in [2.05, 4.69) is 10.2 Å². The number of hydrogen-bond donors (Lipinski definition) is 1. The molecule has 98 valence electrons. The van der Waals surface area contributed by atoms with Crippen LogP contribution in [-0.4, -0.2) is 37.7 Å². The smallest absolute Gasteiger partial charge is 0.139 e. The molecule has 2 bridgehead atoms. The van der Waals surface area contributed by atoms with Crippen molar-refractivity contribution in [1.29, 1.82) is 0 Å². The Kier molecular flexibility index (Phi) is 3.35. The lowest BCUT2D eigenvalue weighted by Crippen LogP contribution is -2.39. The van der Waals surface area contributed by atoms with Gasteiger partial charge in [-0.05, 0) is 37.4 Å². The van der Waals surface area contributed by atoms with Gasteiger partial charge < -0.3 is 15.0 Å². The summed E-state index contributed by atoms with van der Waals surface area (Å²) in [4.78, 5) is 2.56. The van der Waals surface area contributed by atoms with E-state index in [-0.39, 0.29) is 0 Å². The molecule has 3 atom stereocenters. The van der Waals surface area contributed by atoms with E-state index in [0.717, 1.165) is 17.4 Å². The molecule has 0 radical (unpaired) electrons. The Labute approximate surface area is 113 Å². The fourth-order valence-corrected chi connectivity index (χ4v) is 3.30. The molecule has 3 rings (SSSR count). The summed E-state index contributed by atoms with van der Waals surface area (Å²) in [5.41, 5.74) is 1.11. The van der Waals surface area contributed by atoms with Crippen LogP contribution in [0.2, 0.25) is 5.02 Å². The molecule has 2 aliphatic rings. The molecule has 3 nitrogen and oxygen atoms in total. The van der Waals surface area contributed by atoms with Crippen molar-refractivity contribution < 1.29 is 4.74 Å². The van der Waals surface area contributed by atoms with Crippen LogP contribution in [0.5, 0.6) is 5.75 Å². The first-order valence-electron chi connectivity index (χ1n) is 6.58. The van der Waals surface area contributed by atoms with E-state index in [1.54, 1.807) is 7.11 Å². The summed E-state index contributed by atoms with van der Waals surface area (Å²) in [6.45, 7) is 3.74. The SMILES string of the molecule is COc1cc(NC2CCN3CCC2C3)ccc1Cl. The molecule has 0 spiro atoms. The molecule has 2 heterocycles. The van der Waals surface area contributed by atoms with Gasteiger partial charge >= 0.3 is 0 Å². The first kappa shape index (κ1) is 12.1. The van der Waals surface area contributed by atoms with Gasteiger partial charge in [0, 0.05) is 30.9 Å². The summed E-state index contributed by atoms with van der Waals surface area (Å²) in [5.74, 6) is 1.53. The molecule has 0 saturated carbocycles. The Hall–Kier alpha value is -0.930. The van der Waals surface area contributed by atoms with Gasteiger partial charge in [0.25, 0.3) is 0 Å².